The minimum absolute atomic E-state index is 0.204. The first-order valence-electron chi connectivity index (χ1n) is 2.61. The van der Waals surface area contributed by atoms with E-state index in [0.29, 0.717) is 5.69 Å². The Balaban J connectivity index is 3.19. The summed E-state index contributed by atoms with van der Waals surface area (Å²) in [5.74, 6) is 0. The molecule has 0 aliphatic carbocycles. The van der Waals surface area contributed by atoms with Crippen molar-refractivity contribution in [2.45, 2.75) is 4.90 Å². The van der Waals surface area contributed by atoms with E-state index in [1.807, 2.05) is 0 Å². The van der Waals surface area contributed by atoms with Gasteiger partial charge < -0.3 is 5.73 Å². The van der Waals surface area contributed by atoms with E-state index in [1.165, 1.54) is 18.2 Å². The van der Waals surface area contributed by atoms with E-state index in [1.54, 1.807) is 0 Å². The summed E-state index contributed by atoms with van der Waals surface area (Å²) in [6.07, 6.45) is 0. The number of anilines is 1. The van der Waals surface area contributed by atoms with Crippen molar-refractivity contribution in [3.63, 3.8) is 0 Å². The van der Waals surface area contributed by atoms with Crippen molar-refractivity contribution in [3.05, 3.63) is 24.3 Å². The second-order valence-corrected chi connectivity index (χ2v) is 2.81. The van der Waals surface area contributed by atoms with E-state index >= 15 is 0 Å². The van der Waals surface area contributed by atoms with Gasteiger partial charge in [0.1, 0.15) is 0 Å². The molecule has 1 aromatic rings. The van der Waals surface area contributed by atoms with Gasteiger partial charge in [0, 0.05) is 5.69 Å². The summed E-state index contributed by atoms with van der Waals surface area (Å²) in [4.78, 5) is 0.204. The lowest BCUT2D eigenvalue weighted by Crippen LogP contribution is -1.86. The van der Waals surface area contributed by atoms with Gasteiger partial charge in [-0.3, -0.25) is 0 Å². The molecule has 1 radical (unpaired) electrons. The van der Waals surface area contributed by atoms with Crippen LogP contribution in [0.25, 0.3) is 0 Å². The fourth-order valence-corrected chi connectivity index (χ4v) is 1.02. The SMILES string of the molecule is Nc1c[c]cc([SH](=O)=O)c1. The quantitative estimate of drug-likeness (QED) is 0.446. The molecule has 0 aromatic heterocycles. The lowest BCUT2D eigenvalue weighted by atomic mass is 10.3. The topological polar surface area (TPSA) is 60.2 Å². The van der Waals surface area contributed by atoms with Crippen LogP contribution in [0.1, 0.15) is 0 Å². The number of hydrogen-bond donors (Lipinski definition) is 2. The number of nitrogen functional groups attached to an aromatic ring is 1. The van der Waals surface area contributed by atoms with Crippen LogP contribution in [0.2, 0.25) is 0 Å². The van der Waals surface area contributed by atoms with E-state index in [2.05, 4.69) is 6.07 Å². The van der Waals surface area contributed by atoms with Crippen molar-refractivity contribution in [3.8, 4) is 0 Å². The highest BCUT2D eigenvalue weighted by atomic mass is 32.2. The first-order valence-corrected chi connectivity index (χ1v) is 3.79. The monoisotopic (exact) mass is 156 g/mol. The Morgan fingerprint density at radius 3 is 2.50 bits per heavy atom. The van der Waals surface area contributed by atoms with E-state index in [4.69, 9.17) is 5.73 Å². The van der Waals surface area contributed by atoms with Gasteiger partial charge in [0.05, 0.1) is 4.90 Å². The van der Waals surface area contributed by atoms with Crippen LogP contribution in [-0.4, -0.2) is 8.42 Å². The summed E-state index contributed by atoms with van der Waals surface area (Å²) in [5, 5.41) is 0. The Bertz CT molecular complexity index is 298. The fraction of sp³-hybridized carbons (Fsp3) is 0. The van der Waals surface area contributed by atoms with Gasteiger partial charge >= 0.3 is 0 Å². The predicted octanol–water partition coefficient (Wildman–Crippen LogP) is 0.0393. The average Bonchev–Trinajstić information content (AvgIpc) is 1.88. The van der Waals surface area contributed by atoms with Crippen molar-refractivity contribution in [2.24, 2.45) is 0 Å². The highest BCUT2D eigenvalue weighted by Crippen LogP contribution is 2.05. The second kappa shape index (κ2) is 2.70. The molecule has 2 N–H and O–H groups in total. The Morgan fingerprint density at radius 2 is 2.10 bits per heavy atom. The van der Waals surface area contributed by atoms with Crippen LogP contribution in [0.4, 0.5) is 5.69 Å². The third-order valence-corrected chi connectivity index (χ3v) is 1.69. The highest BCUT2D eigenvalue weighted by Gasteiger charge is 1.92. The number of nitrogens with two attached hydrogens (primary N) is 1. The minimum atomic E-state index is -2.52. The largest absolute Gasteiger partial charge is 0.399 e. The summed E-state index contributed by atoms with van der Waals surface area (Å²) in [6, 6.07) is 6.89. The Kier molecular flexibility index (Phi) is 1.91. The number of hydrogen-bond acceptors (Lipinski definition) is 3. The zero-order valence-corrected chi connectivity index (χ0v) is 5.97. The Morgan fingerprint density at radius 1 is 1.40 bits per heavy atom. The Hall–Kier alpha value is -1.03. The summed E-state index contributed by atoms with van der Waals surface area (Å²) < 4.78 is 20.6. The van der Waals surface area contributed by atoms with E-state index in [0.717, 1.165) is 0 Å². The molecule has 1 rings (SSSR count). The molecule has 0 heterocycles. The molecule has 3 nitrogen and oxygen atoms in total. The first-order chi connectivity index (χ1) is 4.70. The smallest absolute Gasteiger partial charge is 0.168 e. The maximum atomic E-state index is 10.3. The summed E-state index contributed by atoms with van der Waals surface area (Å²) in [6.45, 7) is 0. The molecule has 0 amide bonds. The molecular weight excluding hydrogens is 150 g/mol. The molecule has 10 heavy (non-hydrogen) atoms. The first kappa shape index (κ1) is 7.08. The maximum Gasteiger partial charge on any atom is 0.168 e. The van der Waals surface area contributed by atoms with Crippen molar-refractivity contribution in [1.82, 2.24) is 0 Å². The van der Waals surface area contributed by atoms with Crippen LogP contribution in [0.5, 0.6) is 0 Å². The third kappa shape index (κ3) is 1.48. The lowest BCUT2D eigenvalue weighted by molar-refractivity contribution is 0.614. The van der Waals surface area contributed by atoms with Gasteiger partial charge in [0.15, 0.2) is 10.7 Å². The summed E-state index contributed by atoms with van der Waals surface area (Å²) in [5.41, 5.74) is 5.71. The van der Waals surface area contributed by atoms with Crippen LogP contribution in [0, 0.1) is 6.07 Å². The van der Waals surface area contributed by atoms with Gasteiger partial charge in [-0.1, -0.05) is 0 Å². The van der Waals surface area contributed by atoms with E-state index in [9.17, 15) is 8.42 Å². The Labute approximate surface area is 60.4 Å². The normalized spacial score (nSPS) is 10.1. The molecule has 53 valence electrons. The lowest BCUT2D eigenvalue weighted by Gasteiger charge is -1.90. The van der Waals surface area contributed by atoms with Crippen LogP contribution in [-0.2, 0) is 10.7 Å². The summed E-state index contributed by atoms with van der Waals surface area (Å²) >= 11 is 0. The molecule has 1 aromatic carbocycles. The molecule has 0 aliphatic rings. The van der Waals surface area contributed by atoms with Crippen LogP contribution in [0.3, 0.4) is 0 Å². The van der Waals surface area contributed by atoms with Crippen molar-refractivity contribution in [2.75, 3.05) is 5.73 Å². The van der Waals surface area contributed by atoms with Crippen LogP contribution >= 0.6 is 0 Å². The molecule has 0 bridgehead atoms. The molecule has 0 fully saturated rings. The van der Waals surface area contributed by atoms with E-state index < -0.39 is 10.7 Å². The number of benzene rings is 1. The predicted molar refractivity (Wildman–Crippen MR) is 38.3 cm³/mol. The zero-order valence-electron chi connectivity index (χ0n) is 5.07. The standard InChI is InChI=1S/C6H6NO2S/c7-5-2-1-3-6(4-5)10(8)9/h2-4,10H,7H2. The maximum absolute atomic E-state index is 10.3. The van der Waals surface area contributed by atoms with Crippen molar-refractivity contribution < 1.29 is 8.42 Å². The highest BCUT2D eigenvalue weighted by molar-refractivity contribution is 7.72. The molecular formula is C6H6NO2S. The number of thiol groups is 1. The van der Waals surface area contributed by atoms with Gasteiger partial charge in [-0.15, -0.1) is 0 Å². The molecule has 0 aliphatic heterocycles. The molecule has 0 atom stereocenters. The molecule has 0 saturated carbocycles. The molecule has 0 spiro atoms. The second-order valence-electron chi connectivity index (χ2n) is 1.78. The van der Waals surface area contributed by atoms with E-state index in [-0.39, 0.29) is 4.90 Å². The summed E-state index contributed by atoms with van der Waals surface area (Å²) in [7, 11) is -2.52. The van der Waals surface area contributed by atoms with Gasteiger partial charge in [-0.2, -0.15) is 0 Å². The fourth-order valence-electron chi connectivity index (χ4n) is 0.583. The third-order valence-electron chi connectivity index (χ3n) is 1.01. The molecule has 0 unspecified atom stereocenters. The van der Waals surface area contributed by atoms with Gasteiger partial charge in [-0.25, -0.2) is 8.42 Å². The minimum Gasteiger partial charge on any atom is -0.399 e. The van der Waals surface area contributed by atoms with Gasteiger partial charge in [0.25, 0.3) is 0 Å². The zero-order chi connectivity index (χ0) is 7.56. The van der Waals surface area contributed by atoms with Gasteiger partial charge in [-0.05, 0) is 24.3 Å². The average molecular weight is 156 g/mol. The molecule has 4 heteroatoms. The van der Waals surface area contributed by atoms with Crippen molar-refractivity contribution >= 4 is 16.4 Å². The van der Waals surface area contributed by atoms with Crippen molar-refractivity contribution in [1.29, 1.82) is 0 Å². The van der Waals surface area contributed by atoms with Gasteiger partial charge in [0.2, 0.25) is 0 Å². The van der Waals surface area contributed by atoms with Crippen LogP contribution < -0.4 is 5.73 Å². The molecule has 0 saturated heterocycles. The number of rotatable bonds is 1. The van der Waals surface area contributed by atoms with Crippen LogP contribution in [0.15, 0.2) is 23.1 Å².